The molecular weight excluding hydrogens is 631 g/mol. The standard InChI is InChI=1S/C49H31N3/c1-2-13-32(14-3-1)39-29-30-40(42-23-9-8-22-41(39)42)35-18-10-19-36(31-35)47-50-48(45-25-11-17-33-15-4-7-21-38(33)45)52-49(51-47)46-26-12-24-43-37-20-6-5-16-34(37)27-28-44(43)46/h1-31H/i5D,6D,12D,16D,20D,24D,26D,27D,28D. The first-order valence-electron chi connectivity index (χ1n) is 21.4. The number of hydrogen-bond donors (Lipinski definition) is 0. The Morgan fingerprint density at radius 1 is 0.308 bits per heavy atom. The van der Waals surface area contributed by atoms with Crippen molar-refractivity contribution in [2.45, 2.75) is 0 Å². The van der Waals surface area contributed by atoms with Gasteiger partial charge >= 0.3 is 0 Å². The Morgan fingerprint density at radius 2 is 0.923 bits per heavy atom. The molecule has 0 bridgehead atoms. The van der Waals surface area contributed by atoms with Gasteiger partial charge < -0.3 is 0 Å². The van der Waals surface area contributed by atoms with E-state index in [0.717, 1.165) is 43.8 Å². The zero-order chi connectivity index (χ0) is 42.3. The molecule has 3 nitrogen and oxygen atoms in total. The minimum Gasteiger partial charge on any atom is -0.208 e. The molecule has 0 radical (unpaired) electrons. The molecular formula is C49H31N3. The number of fused-ring (bicyclic) bond motifs is 5. The summed E-state index contributed by atoms with van der Waals surface area (Å²) < 4.78 is 79.9. The van der Waals surface area contributed by atoms with Crippen LogP contribution in [0.3, 0.4) is 0 Å². The van der Waals surface area contributed by atoms with E-state index < -0.39 is 54.4 Å². The van der Waals surface area contributed by atoms with E-state index in [0.29, 0.717) is 11.1 Å². The lowest BCUT2D eigenvalue weighted by Crippen LogP contribution is -2.01. The Morgan fingerprint density at radius 3 is 1.77 bits per heavy atom. The maximum absolute atomic E-state index is 9.28. The fourth-order valence-electron chi connectivity index (χ4n) is 7.01. The molecule has 0 atom stereocenters. The van der Waals surface area contributed by atoms with Gasteiger partial charge in [0.2, 0.25) is 0 Å². The van der Waals surface area contributed by atoms with Gasteiger partial charge in [0.05, 0.1) is 12.3 Å². The summed E-state index contributed by atoms with van der Waals surface area (Å²) in [7, 11) is 0. The summed E-state index contributed by atoms with van der Waals surface area (Å²) in [4.78, 5) is 14.9. The van der Waals surface area contributed by atoms with Gasteiger partial charge in [-0.1, -0.05) is 182 Å². The van der Waals surface area contributed by atoms with E-state index in [2.05, 4.69) is 36.4 Å². The van der Waals surface area contributed by atoms with Gasteiger partial charge in [0, 0.05) is 16.7 Å². The van der Waals surface area contributed by atoms with Crippen LogP contribution in [-0.4, -0.2) is 15.0 Å². The average Bonchev–Trinajstić information content (AvgIpc) is 3.30. The Kier molecular flexibility index (Phi) is 5.25. The Hall–Kier alpha value is -6.97. The zero-order valence-corrected chi connectivity index (χ0v) is 27.5. The van der Waals surface area contributed by atoms with Gasteiger partial charge in [-0.05, 0) is 71.4 Å². The number of nitrogens with zero attached hydrogens (tertiary/aromatic N) is 3. The van der Waals surface area contributed by atoms with Crippen molar-refractivity contribution in [2.75, 3.05) is 0 Å². The molecule has 0 N–H and O–H groups in total. The van der Waals surface area contributed by atoms with Gasteiger partial charge in [0.15, 0.2) is 17.5 Å². The number of aromatic nitrogens is 3. The second-order valence-electron chi connectivity index (χ2n) is 12.5. The molecule has 1 aromatic heterocycles. The minimum absolute atomic E-state index is 0.0902. The van der Waals surface area contributed by atoms with Crippen molar-refractivity contribution >= 4 is 43.1 Å². The van der Waals surface area contributed by atoms with E-state index in [1.54, 1.807) is 0 Å². The lowest BCUT2D eigenvalue weighted by Gasteiger charge is -2.14. The van der Waals surface area contributed by atoms with Crippen LogP contribution in [0.4, 0.5) is 0 Å². The van der Waals surface area contributed by atoms with Crippen molar-refractivity contribution in [2.24, 2.45) is 0 Å². The highest BCUT2D eigenvalue weighted by Gasteiger charge is 2.17. The third-order valence-corrected chi connectivity index (χ3v) is 9.46. The molecule has 10 aromatic rings. The van der Waals surface area contributed by atoms with Crippen LogP contribution in [0.5, 0.6) is 0 Å². The summed E-state index contributed by atoms with van der Waals surface area (Å²) in [5, 5.41) is 3.22. The average molecular weight is 671 g/mol. The van der Waals surface area contributed by atoms with E-state index in [-0.39, 0.29) is 44.6 Å². The second-order valence-corrected chi connectivity index (χ2v) is 12.5. The van der Waals surface area contributed by atoms with E-state index in [1.807, 2.05) is 97.1 Å². The lowest BCUT2D eigenvalue weighted by atomic mass is 9.91. The van der Waals surface area contributed by atoms with Crippen molar-refractivity contribution in [1.82, 2.24) is 15.0 Å². The maximum atomic E-state index is 9.28. The van der Waals surface area contributed by atoms with Crippen molar-refractivity contribution in [3.8, 4) is 56.4 Å². The fourth-order valence-corrected chi connectivity index (χ4v) is 7.01. The first kappa shape index (κ1) is 22.0. The third kappa shape index (κ3) is 5.10. The summed E-state index contributed by atoms with van der Waals surface area (Å²) >= 11 is 0. The predicted molar refractivity (Wildman–Crippen MR) is 217 cm³/mol. The minimum atomic E-state index is -0.582. The molecule has 0 spiro atoms. The number of benzene rings is 9. The summed E-state index contributed by atoms with van der Waals surface area (Å²) in [5.74, 6) is 0.385. The normalized spacial score (nSPS) is 13.9. The van der Waals surface area contributed by atoms with Gasteiger partial charge in [0.25, 0.3) is 0 Å². The van der Waals surface area contributed by atoms with Crippen LogP contribution >= 0.6 is 0 Å². The van der Waals surface area contributed by atoms with Gasteiger partial charge in [-0.25, -0.2) is 15.0 Å². The molecule has 1 heterocycles. The van der Waals surface area contributed by atoms with Crippen molar-refractivity contribution in [3.05, 3.63) is 188 Å². The molecule has 0 saturated carbocycles. The van der Waals surface area contributed by atoms with Crippen molar-refractivity contribution < 1.29 is 12.3 Å². The van der Waals surface area contributed by atoms with Gasteiger partial charge in [-0.3, -0.25) is 0 Å². The predicted octanol–water partition coefficient (Wildman–Crippen LogP) is 12.8. The molecule has 242 valence electrons. The van der Waals surface area contributed by atoms with Crippen LogP contribution in [0.25, 0.3) is 99.5 Å². The van der Waals surface area contributed by atoms with Crippen LogP contribution < -0.4 is 0 Å². The Bertz CT molecular complexity index is 3480. The summed E-state index contributed by atoms with van der Waals surface area (Å²) in [6.45, 7) is 0. The smallest absolute Gasteiger partial charge is 0.164 e. The Labute approximate surface area is 314 Å². The highest BCUT2D eigenvalue weighted by atomic mass is 15.0. The van der Waals surface area contributed by atoms with Gasteiger partial charge in [-0.2, -0.15) is 0 Å². The SMILES string of the molecule is [2H]c1c([2H])c([2H])c2c(c1[2H])c([2H])c([2H])c1c(-c3nc(-c4cccc(-c5ccc(-c6ccccc6)c6ccccc56)c4)nc(-c4cccc5ccccc45)n3)c([2H])c([2H])c([2H])c12. The van der Waals surface area contributed by atoms with Crippen LogP contribution in [0.2, 0.25) is 0 Å². The highest BCUT2D eigenvalue weighted by Crippen LogP contribution is 2.38. The molecule has 0 amide bonds. The van der Waals surface area contributed by atoms with Crippen molar-refractivity contribution in [3.63, 3.8) is 0 Å². The van der Waals surface area contributed by atoms with E-state index in [1.165, 1.54) is 0 Å². The van der Waals surface area contributed by atoms with Crippen LogP contribution in [0.1, 0.15) is 12.3 Å². The summed E-state index contributed by atoms with van der Waals surface area (Å²) in [6, 6.07) is 39.3. The van der Waals surface area contributed by atoms with Crippen LogP contribution in [0, 0.1) is 0 Å². The quantitative estimate of drug-likeness (QED) is 0.171. The molecule has 0 aliphatic rings. The molecule has 0 fully saturated rings. The third-order valence-electron chi connectivity index (χ3n) is 9.46. The summed E-state index contributed by atoms with van der Waals surface area (Å²) in [5.41, 5.74) is 5.26. The van der Waals surface area contributed by atoms with Crippen LogP contribution in [-0.2, 0) is 0 Å². The Balaban J connectivity index is 1.26. The van der Waals surface area contributed by atoms with E-state index in [9.17, 15) is 2.74 Å². The molecule has 3 heteroatoms. The van der Waals surface area contributed by atoms with Crippen LogP contribution in [0.15, 0.2) is 188 Å². The molecule has 52 heavy (non-hydrogen) atoms. The first-order chi connectivity index (χ1) is 29.5. The van der Waals surface area contributed by atoms with Crippen molar-refractivity contribution in [1.29, 1.82) is 0 Å². The fraction of sp³-hybridized carbons (Fsp3) is 0. The zero-order valence-electron chi connectivity index (χ0n) is 36.5. The second kappa shape index (κ2) is 12.4. The molecule has 10 rings (SSSR count). The van der Waals surface area contributed by atoms with E-state index >= 15 is 0 Å². The number of hydrogen-bond acceptors (Lipinski definition) is 3. The molecule has 0 aliphatic heterocycles. The van der Waals surface area contributed by atoms with Gasteiger partial charge in [0.1, 0.15) is 0 Å². The van der Waals surface area contributed by atoms with Gasteiger partial charge in [-0.15, -0.1) is 0 Å². The molecule has 0 unspecified atom stereocenters. The molecule has 9 aromatic carbocycles. The van der Waals surface area contributed by atoms with E-state index in [4.69, 9.17) is 24.5 Å². The maximum Gasteiger partial charge on any atom is 0.164 e. The summed E-state index contributed by atoms with van der Waals surface area (Å²) in [6.07, 6.45) is 0. The molecule has 0 saturated heterocycles. The highest BCUT2D eigenvalue weighted by molar-refractivity contribution is 6.12. The monoisotopic (exact) mass is 670 g/mol. The molecule has 0 aliphatic carbocycles. The lowest BCUT2D eigenvalue weighted by molar-refractivity contribution is 1.08. The first-order valence-corrected chi connectivity index (χ1v) is 16.9. The number of rotatable bonds is 5. The topological polar surface area (TPSA) is 38.7 Å². The largest absolute Gasteiger partial charge is 0.208 e.